The summed E-state index contributed by atoms with van der Waals surface area (Å²) in [6.45, 7) is 1.80. The second-order valence-corrected chi connectivity index (χ2v) is 6.47. The van der Waals surface area contributed by atoms with Crippen molar-refractivity contribution < 1.29 is 13.2 Å². The minimum atomic E-state index is -3.51. The Kier molecular flexibility index (Phi) is 7.15. The van der Waals surface area contributed by atoms with Crippen LogP contribution in [0.2, 0.25) is 0 Å². The van der Waals surface area contributed by atoms with Gasteiger partial charge in [0.15, 0.2) is 0 Å². The van der Waals surface area contributed by atoms with E-state index in [9.17, 15) is 13.2 Å². The smallest absolute Gasteiger partial charge is 0.242 e. The number of nitrogens with two attached hydrogens (primary N) is 1. The Morgan fingerprint density at radius 2 is 2.00 bits per heavy atom. The molecule has 0 aliphatic carbocycles. The fourth-order valence-electron chi connectivity index (χ4n) is 1.37. The van der Waals surface area contributed by atoms with Crippen LogP contribution in [0.1, 0.15) is 13.3 Å². The van der Waals surface area contributed by atoms with E-state index in [1.165, 1.54) is 26.2 Å². The van der Waals surface area contributed by atoms with E-state index in [-0.39, 0.29) is 23.2 Å². The van der Waals surface area contributed by atoms with Crippen molar-refractivity contribution in [1.29, 1.82) is 0 Å². The first kappa shape index (κ1) is 18.9. The summed E-state index contributed by atoms with van der Waals surface area (Å²) in [5, 5.41) is 2.60. The highest BCUT2D eigenvalue weighted by Gasteiger charge is 2.18. The number of amides is 1. The summed E-state index contributed by atoms with van der Waals surface area (Å²) in [5.74, 6) is -0.332. The third-order valence-corrected chi connectivity index (χ3v) is 4.47. The van der Waals surface area contributed by atoms with Crippen molar-refractivity contribution >= 4 is 34.0 Å². The molecule has 3 N–H and O–H groups in total. The summed E-state index contributed by atoms with van der Waals surface area (Å²) in [6.07, 6.45) is 0.515. The molecule has 0 aliphatic heterocycles. The Labute approximate surface area is 125 Å². The maximum Gasteiger partial charge on any atom is 0.242 e. The molecule has 0 radical (unpaired) electrons. The average Bonchev–Trinajstić information content (AvgIpc) is 2.37. The summed E-state index contributed by atoms with van der Waals surface area (Å²) >= 11 is 0. The van der Waals surface area contributed by atoms with Gasteiger partial charge < -0.3 is 11.1 Å². The van der Waals surface area contributed by atoms with Gasteiger partial charge in [0.2, 0.25) is 15.9 Å². The van der Waals surface area contributed by atoms with Crippen LogP contribution in [0.25, 0.3) is 0 Å². The third kappa shape index (κ3) is 4.45. The zero-order chi connectivity index (χ0) is 14.6. The second kappa shape index (κ2) is 7.58. The minimum absolute atomic E-state index is 0. The van der Waals surface area contributed by atoms with E-state index in [1.807, 2.05) is 0 Å². The van der Waals surface area contributed by atoms with Gasteiger partial charge >= 0.3 is 0 Å². The summed E-state index contributed by atoms with van der Waals surface area (Å²) in [6, 6.07) is 5.48. The maximum absolute atomic E-state index is 11.9. The Bertz CT molecular complexity index is 561. The molecule has 1 atom stereocenters. The molecule has 0 fully saturated rings. The highest BCUT2D eigenvalue weighted by Crippen LogP contribution is 2.18. The molecule has 1 aromatic rings. The number of nitrogens with zero attached hydrogens (tertiary/aromatic N) is 1. The van der Waals surface area contributed by atoms with E-state index in [2.05, 4.69) is 5.32 Å². The Hall–Kier alpha value is -1.15. The lowest BCUT2D eigenvalue weighted by Crippen LogP contribution is -2.34. The molecule has 0 heterocycles. The molecule has 0 saturated heterocycles. The van der Waals surface area contributed by atoms with Crippen LogP contribution in [0, 0.1) is 0 Å². The molecule has 0 unspecified atom stereocenters. The molecule has 0 saturated carbocycles. The SMILES string of the molecule is CC[C@H](N)C(=O)Nc1cccc(S(=O)(=O)N(C)C)c1.Cl. The number of carbonyl (C=O) groups is 1. The lowest BCUT2D eigenvalue weighted by molar-refractivity contribution is -0.117. The van der Waals surface area contributed by atoms with Crippen LogP contribution in [0.5, 0.6) is 0 Å². The number of nitrogens with one attached hydrogen (secondary N) is 1. The van der Waals surface area contributed by atoms with Gasteiger partial charge in [-0.3, -0.25) is 4.79 Å². The quantitative estimate of drug-likeness (QED) is 0.847. The molecule has 0 bridgehead atoms. The summed E-state index contributed by atoms with van der Waals surface area (Å²) < 4.78 is 25.0. The molecule has 1 aromatic carbocycles. The molecule has 1 rings (SSSR count). The summed E-state index contributed by atoms with van der Waals surface area (Å²) in [7, 11) is -0.606. The van der Waals surface area contributed by atoms with Crippen molar-refractivity contribution in [3.05, 3.63) is 24.3 Å². The first-order chi connectivity index (χ1) is 8.78. The molecule has 6 nitrogen and oxygen atoms in total. The molecule has 0 aromatic heterocycles. The predicted molar refractivity (Wildman–Crippen MR) is 81.5 cm³/mol. The van der Waals surface area contributed by atoms with Crippen molar-refractivity contribution in [1.82, 2.24) is 4.31 Å². The Morgan fingerprint density at radius 3 is 2.50 bits per heavy atom. The van der Waals surface area contributed by atoms with Crippen LogP contribution in [0.3, 0.4) is 0 Å². The van der Waals surface area contributed by atoms with Gasteiger partial charge in [-0.2, -0.15) is 0 Å². The van der Waals surface area contributed by atoms with Gasteiger partial charge in [-0.05, 0) is 24.6 Å². The average molecular weight is 322 g/mol. The van der Waals surface area contributed by atoms with Crippen LogP contribution in [0.4, 0.5) is 5.69 Å². The molecule has 114 valence electrons. The topological polar surface area (TPSA) is 92.5 Å². The van der Waals surface area contributed by atoms with Crippen LogP contribution < -0.4 is 11.1 Å². The molecule has 0 spiro atoms. The third-order valence-electron chi connectivity index (χ3n) is 2.66. The van der Waals surface area contributed by atoms with Crippen molar-refractivity contribution in [2.75, 3.05) is 19.4 Å². The van der Waals surface area contributed by atoms with E-state index >= 15 is 0 Å². The lowest BCUT2D eigenvalue weighted by Gasteiger charge is -2.14. The Morgan fingerprint density at radius 1 is 1.40 bits per heavy atom. The normalized spacial score (nSPS) is 12.7. The number of sulfonamides is 1. The van der Waals surface area contributed by atoms with Crippen molar-refractivity contribution in [3.8, 4) is 0 Å². The van der Waals surface area contributed by atoms with Crippen LogP contribution >= 0.6 is 12.4 Å². The second-order valence-electron chi connectivity index (χ2n) is 4.32. The van der Waals surface area contributed by atoms with Crippen molar-refractivity contribution in [2.24, 2.45) is 5.73 Å². The van der Waals surface area contributed by atoms with Crippen molar-refractivity contribution in [2.45, 2.75) is 24.3 Å². The minimum Gasteiger partial charge on any atom is -0.325 e. The van der Waals surface area contributed by atoms with E-state index in [0.717, 1.165) is 4.31 Å². The zero-order valence-electron chi connectivity index (χ0n) is 11.7. The highest BCUT2D eigenvalue weighted by atomic mass is 35.5. The van der Waals surface area contributed by atoms with Crippen LogP contribution in [-0.4, -0.2) is 38.8 Å². The van der Waals surface area contributed by atoms with E-state index in [0.29, 0.717) is 12.1 Å². The first-order valence-corrected chi connectivity index (χ1v) is 7.32. The molecule has 0 aliphatic rings. The molecule has 8 heteroatoms. The molecular weight excluding hydrogens is 302 g/mol. The number of hydrogen-bond donors (Lipinski definition) is 2. The van der Waals surface area contributed by atoms with E-state index < -0.39 is 16.1 Å². The summed E-state index contributed by atoms with van der Waals surface area (Å²) in [4.78, 5) is 11.8. The number of anilines is 1. The standard InChI is InChI=1S/C12H19N3O3S.ClH/c1-4-11(13)12(16)14-9-6-5-7-10(8-9)19(17,18)15(2)3;/h5-8,11H,4,13H2,1-3H3,(H,14,16);1H/t11-;/m0./s1. The Balaban J connectivity index is 0.00000361. The van der Waals surface area contributed by atoms with E-state index in [1.54, 1.807) is 19.1 Å². The number of rotatable bonds is 5. The predicted octanol–water partition coefficient (Wildman–Crippen LogP) is 1.03. The van der Waals surface area contributed by atoms with Gasteiger partial charge in [0.25, 0.3) is 0 Å². The highest BCUT2D eigenvalue weighted by molar-refractivity contribution is 7.89. The van der Waals surface area contributed by atoms with Gasteiger partial charge in [-0.25, -0.2) is 12.7 Å². The number of carbonyl (C=O) groups excluding carboxylic acids is 1. The fraction of sp³-hybridized carbons (Fsp3) is 0.417. The maximum atomic E-state index is 11.9. The van der Waals surface area contributed by atoms with Crippen molar-refractivity contribution in [3.63, 3.8) is 0 Å². The monoisotopic (exact) mass is 321 g/mol. The molecular formula is C12H20ClN3O3S. The largest absolute Gasteiger partial charge is 0.325 e. The number of hydrogen-bond acceptors (Lipinski definition) is 4. The van der Waals surface area contributed by atoms with E-state index in [4.69, 9.17) is 5.73 Å². The first-order valence-electron chi connectivity index (χ1n) is 5.88. The van der Waals surface area contributed by atoms with Gasteiger partial charge in [0.1, 0.15) is 0 Å². The lowest BCUT2D eigenvalue weighted by atomic mass is 10.2. The fourth-order valence-corrected chi connectivity index (χ4v) is 2.31. The van der Waals surface area contributed by atoms with Gasteiger partial charge in [-0.15, -0.1) is 12.4 Å². The number of benzene rings is 1. The van der Waals surface area contributed by atoms with Gasteiger partial charge in [-0.1, -0.05) is 13.0 Å². The van der Waals surface area contributed by atoms with Gasteiger partial charge in [0.05, 0.1) is 10.9 Å². The van der Waals surface area contributed by atoms with Crippen LogP contribution in [0.15, 0.2) is 29.2 Å². The number of halogens is 1. The summed E-state index contributed by atoms with van der Waals surface area (Å²) in [5.41, 5.74) is 6.01. The zero-order valence-corrected chi connectivity index (χ0v) is 13.3. The molecule has 1 amide bonds. The van der Waals surface area contributed by atoms with Crippen LogP contribution in [-0.2, 0) is 14.8 Å². The van der Waals surface area contributed by atoms with Gasteiger partial charge in [0, 0.05) is 19.8 Å². The molecule has 20 heavy (non-hydrogen) atoms.